The van der Waals surface area contributed by atoms with E-state index >= 15 is 0 Å². The van der Waals surface area contributed by atoms with Crippen LogP contribution in [0.1, 0.15) is 22.9 Å². The fourth-order valence-corrected chi connectivity index (χ4v) is 2.09. The summed E-state index contributed by atoms with van der Waals surface area (Å²) >= 11 is 0. The Kier molecular flexibility index (Phi) is 5.58. The number of carbonyl (C=O) groups excluding carboxylic acids is 1. The number of nitrogens with zero attached hydrogens (tertiary/aromatic N) is 1. The fourth-order valence-electron chi connectivity index (χ4n) is 2.09. The molecule has 1 aromatic carbocycles. The number of nitrogens with two attached hydrogens (primary N) is 1. The Morgan fingerprint density at radius 3 is 2.79 bits per heavy atom. The highest BCUT2D eigenvalue weighted by Gasteiger charge is 2.30. The summed E-state index contributed by atoms with van der Waals surface area (Å²) in [5.74, 6) is -0.518. The normalized spacial score (nSPS) is 14.2. The first-order chi connectivity index (χ1) is 11.3. The molecular weight excluding hydrogens is 325 g/mol. The van der Waals surface area contributed by atoms with E-state index in [1.165, 1.54) is 24.7 Å². The van der Waals surface area contributed by atoms with Crippen molar-refractivity contribution in [3.05, 3.63) is 53.6 Å². The van der Waals surface area contributed by atoms with Gasteiger partial charge in [-0.05, 0) is 17.7 Å². The van der Waals surface area contributed by atoms with Crippen LogP contribution < -0.4 is 11.1 Å². The molecule has 0 aliphatic heterocycles. The minimum absolute atomic E-state index is 0.0623. The van der Waals surface area contributed by atoms with Gasteiger partial charge in [-0.1, -0.05) is 12.1 Å². The third-order valence-electron chi connectivity index (χ3n) is 3.40. The van der Waals surface area contributed by atoms with E-state index in [1.54, 1.807) is 0 Å². The van der Waals surface area contributed by atoms with Gasteiger partial charge < -0.3 is 21.1 Å². The van der Waals surface area contributed by atoms with E-state index in [1.807, 2.05) is 0 Å². The minimum atomic E-state index is -4.49. The predicted octanol–water partition coefficient (Wildman–Crippen LogP) is 1.15. The minimum Gasteiger partial charge on any atom is -0.387 e. The molecule has 2 atom stereocenters. The lowest BCUT2D eigenvalue weighted by Gasteiger charge is -2.16. The second-order valence-electron chi connectivity index (χ2n) is 5.27. The number of hydrogen-bond acceptors (Lipinski definition) is 4. The van der Waals surface area contributed by atoms with Gasteiger partial charge >= 0.3 is 6.18 Å². The largest absolute Gasteiger partial charge is 0.416 e. The first kappa shape index (κ1) is 18.0. The third-order valence-corrected chi connectivity index (χ3v) is 3.40. The van der Waals surface area contributed by atoms with E-state index in [9.17, 15) is 23.1 Å². The molecule has 1 amide bonds. The van der Waals surface area contributed by atoms with Crippen LogP contribution in [0.3, 0.4) is 0 Å². The maximum Gasteiger partial charge on any atom is 0.416 e. The zero-order chi connectivity index (χ0) is 17.7. The second kappa shape index (κ2) is 7.45. The van der Waals surface area contributed by atoms with Gasteiger partial charge in [0.15, 0.2) is 0 Å². The molecule has 0 spiro atoms. The number of alkyl halides is 3. The van der Waals surface area contributed by atoms with Crippen molar-refractivity contribution < 1.29 is 23.1 Å². The fraction of sp³-hybridized carbons (Fsp3) is 0.333. The number of aliphatic hydroxyl groups is 1. The van der Waals surface area contributed by atoms with Gasteiger partial charge in [0.1, 0.15) is 0 Å². The predicted molar refractivity (Wildman–Crippen MR) is 79.7 cm³/mol. The maximum absolute atomic E-state index is 12.7. The Morgan fingerprint density at radius 2 is 2.17 bits per heavy atom. The Morgan fingerprint density at radius 1 is 1.42 bits per heavy atom. The molecule has 0 aliphatic rings. The number of rotatable bonds is 6. The summed E-state index contributed by atoms with van der Waals surface area (Å²) in [5.41, 5.74) is 5.60. The number of aromatic nitrogens is 2. The standard InChI is InChI=1S/C15H17F3N4O2/c16-15(17,18)10-3-1-2-9(4-10)13(23)7-21-14(24)12(19)5-11-6-20-8-22-11/h1-4,6,8,12-13,23H,5,7,19H2,(H,20,22)(H,21,24)/t12-,13?/m0/s1. The maximum atomic E-state index is 12.7. The monoisotopic (exact) mass is 342 g/mol. The summed E-state index contributed by atoms with van der Waals surface area (Å²) in [5, 5.41) is 12.4. The van der Waals surface area contributed by atoms with Crippen LogP contribution in [-0.4, -0.2) is 33.6 Å². The van der Waals surface area contributed by atoms with Crippen LogP contribution in [-0.2, 0) is 17.4 Å². The molecule has 0 saturated heterocycles. The molecule has 2 rings (SSSR count). The summed E-state index contributed by atoms with van der Waals surface area (Å²) in [6, 6.07) is 3.46. The van der Waals surface area contributed by atoms with Crippen molar-refractivity contribution >= 4 is 5.91 Å². The summed E-state index contributed by atoms with van der Waals surface area (Å²) in [4.78, 5) is 18.5. The van der Waals surface area contributed by atoms with E-state index in [4.69, 9.17) is 5.73 Å². The van der Waals surface area contributed by atoms with Crippen molar-refractivity contribution in [3.8, 4) is 0 Å². The Bertz CT molecular complexity index is 674. The highest BCUT2D eigenvalue weighted by Crippen LogP contribution is 2.30. The third kappa shape index (κ3) is 4.80. The molecular formula is C15H17F3N4O2. The van der Waals surface area contributed by atoms with Gasteiger partial charge in [0.2, 0.25) is 5.91 Å². The number of nitrogens with one attached hydrogen (secondary N) is 2. The summed E-state index contributed by atoms with van der Waals surface area (Å²) in [6.45, 7) is -0.239. The number of hydrogen-bond donors (Lipinski definition) is 4. The van der Waals surface area contributed by atoms with Crippen molar-refractivity contribution in [1.29, 1.82) is 0 Å². The van der Waals surface area contributed by atoms with Crippen molar-refractivity contribution in [2.24, 2.45) is 5.73 Å². The topological polar surface area (TPSA) is 104 Å². The van der Waals surface area contributed by atoms with Crippen molar-refractivity contribution in [1.82, 2.24) is 15.3 Å². The van der Waals surface area contributed by atoms with Gasteiger partial charge in [-0.2, -0.15) is 13.2 Å². The molecule has 6 nitrogen and oxygen atoms in total. The van der Waals surface area contributed by atoms with Gasteiger partial charge in [-0.3, -0.25) is 4.79 Å². The molecule has 9 heteroatoms. The number of aromatic amines is 1. The average Bonchev–Trinajstić information content (AvgIpc) is 3.04. The van der Waals surface area contributed by atoms with Gasteiger partial charge in [-0.15, -0.1) is 0 Å². The number of H-pyrrole nitrogens is 1. The molecule has 2 aromatic rings. The zero-order valence-corrected chi connectivity index (χ0v) is 12.5. The highest BCUT2D eigenvalue weighted by molar-refractivity contribution is 5.81. The molecule has 1 unspecified atom stereocenters. The molecule has 24 heavy (non-hydrogen) atoms. The van der Waals surface area contributed by atoms with Crippen LogP contribution in [0, 0.1) is 0 Å². The molecule has 1 heterocycles. The number of imidazole rings is 1. The van der Waals surface area contributed by atoms with Gasteiger partial charge in [0, 0.05) is 24.9 Å². The Labute approximate surface area is 135 Å². The van der Waals surface area contributed by atoms with E-state index < -0.39 is 29.8 Å². The average molecular weight is 342 g/mol. The van der Waals surface area contributed by atoms with Crippen LogP contribution in [0.25, 0.3) is 0 Å². The molecule has 0 fully saturated rings. The number of halogens is 3. The SMILES string of the molecule is N[C@@H](Cc1cnc[nH]1)C(=O)NCC(O)c1cccc(C(F)(F)F)c1. The van der Waals surface area contributed by atoms with Crippen LogP contribution in [0.2, 0.25) is 0 Å². The highest BCUT2D eigenvalue weighted by atomic mass is 19.4. The van der Waals surface area contributed by atoms with Crippen molar-refractivity contribution in [2.75, 3.05) is 6.54 Å². The molecule has 0 aliphatic carbocycles. The molecule has 5 N–H and O–H groups in total. The first-order valence-corrected chi connectivity index (χ1v) is 7.13. The molecule has 130 valence electrons. The van der Waals surface area contributed by atoms with Crippen molar-refractivity contribution in [3.63, 3.8) is 0 Å². The number of aliphatic hydroxyl groups excluding tert-OH is 1. The Hall–Kier alpha value is -2.39. The van der Waals surface area contributed by atoms with Crippen LogP contribution in [0.4, 0.5) is 13.2 Å². The van der Waals surface area contributed by atoms with Crippen LogP contribution in [0.5, 0.6) is 0 Å². The number of benzene rings is 1. The lowest BCUT2D eigenvalue weighted by Crippen LogP contribution is -2.43. The van der Waals surface area contributed by atoms with Crippen LogP contribution >= 0.6 is 0 Å². The second-order valence-corrected chi connectivity index (χ2v) is 5.27. The first-order valence-electron chi connectivity index (χ1n) is 7.13. The van der Waals surface area contributed by atoms with E-state index in [2.05, 4.69) is 15.3 Å². The lowest BCUT2D eigenvalue weighted by atomic mass is 10.1. The van der Waals surface area contributed by atoms with E-state index in [-0.39, 0.29) is 18.5 Å². The molecule has 0 bridgehead atoms. The molecule has 0 radical (unpaired) electrons. The quantitative estimate of drug-likeness (QED) is 0.632. The molecule has 1 aromatic heterocycles. The number of carbonyl (C=O) groups is 1. The summed E-state index contributed by atoms with van der Waals surface area (Å²) < 4.78 is 38.0. The molecule has 0 saturated carbocycles. The summed E-state index contributed by atoms with van der Waals surface area (Å²) in [6.07, 6.45) is -2.55. The smallest absolute Gasteiger partial charge is 0.387 e. The lowest BCUT2D eigenvalue weighted by molar-refractivity contribution is -0.137. The number of amides is 1. The van der Waals surface area contributed by atoms with E-state index in [0.29, 0.717) is 5.69 Å². The zero-order valence-electron chi connectivity index (χ0n) is 12.5. The van der Waals surface area contributed by atoms with Gasteiger partial charge in [0.25, 0.3) is 0 Å². The van der Waals surface area contributed by atoms with Gasteiger partial charge in [0.05, 0.1) is 24.0 Å². The van der Waals surface area contributed by atoms with Gasteiger partial charge in [-0.25, -0.2) is 4.98 Å². The van der Waals surface area contributed by atoms with Crippen molar-refractivity contribution in [2.45, 2.75) is 24.7 Å². The summed E-state index contributed by atoms with van der Waals surface area (Å²) in [7, 11) is 0. The van der Waals surface area contributed by atoms with Crippen LogP contribution in [0.15, 0.2) is 36.8 Å². The Balaban J connectivity index is 1.90. The van der Waals surface area contributed by atoms with E-state index in [0.717, 1.165) is 12.1 Å².